The Morgan fingerprint density at radius 2 is 1.05 bits per heavy atom. The average molecular weight is 546 g/mol. The van der Waals surface area contributed by atoms with Crippen LogP contribution in [0.3, 0.4) is 0 Å². The summed E-state index contributed by atoms with van der Waals surface area (Å²) < 4.78 is 6.50. The number of rotatable bonds is 2. The molecule has 9 rings (SSSR count). The molecule has 0 bridgehead atoms. The van der Waals surface area contributed by atoms with E-state index in [1.54, 1.807) is 0 Å². The first-order valence-electron chi connectivity index (χ1n) is 13.7. The Labute approximate surface area is 238 Å². The maximum atomic E-state index is 4.90. The van der Waals surface area contributed by atoms with E-state index >= 15 is 0 Å². The van der Waals surface area contributed by atoms with Crippen LogP contribution in [0.15, 0.2) is 85.8 Å². The fraction of sp³-hybridized carbons (Fsp3) is 0.0909. The second-order valence-corrected chi connectivity index (χ2v) is 10.8. The van der Waals surface area contributed by atoms with E-state index in [9.17, 15) is 0 Å². The SMILES string of the molecule is Cn1c2ccncc2c2cnc(-c3cc4c(cn3)c3ncc(-c5cnc6c7ncccc7n(C)c6c5)cc3n4C)cc21. The minimum Gasteiger partial charge on any atom is -0.343 e. The van der Waals surface area contributed by atoms with E-state index in [-0.39, 0.29) is 0 Å². The van der Waals surface area contributed by atoms with Gasteiger partial charge in [-0.05, 0) is 42.5 Å². The molecule has 0 aromatic carbocycles. The highest BCUT2D eigenvalue weighted by Crippen LogP contribution is 2.34. The smallest absolute Gasteiger partial charge is 0.114 e. The average Bonchev–Trinajstić information content (AvgIpc) is 3.61. The van der Waals surface area contributed by atoms with E-state index in [4.69, 9.17) is 19.9 Å². The van der Waals surface area contributed by atoms with Gasteiger partial charge in [0.25, 0.3) is 0 Å². The van der Waals surface area contributed by atoms with E-state index in [1.165, 1.54) is 0 Å². The fourth-order valence-electron chi connectivity index (χ4n) is 6.36. The van der Waals surface area contributed by atoms with Crippen LogP contribution in [0.25, 0.3) is 88.3 Å². The van der Waals surface area contributed by atoms with Crippen molar-refractivity contribution in [1.29, 1.82) is 0 Å². The van der Waals surface area contributed by atoms with Gasteiger partial charge in [-0.2, -0.15) is 0 Å². The summed E-state index contributed by atoms with van der Waals surface area (Å²) >= 11 is 0. The molecule has 9 aromatic heterocycles. The molecule has 0 amide bonds. The standard InChI is InChI=1S/C33H23N9/c1-40-25-6-8-34-15-20(25)21-16-36-23(11-27(21)40)24-12-28-22(17-37-24)31-29(42(28)3)9-18(13-38-31)19-10-30-33(39-14-19)32-26(41(30)2)5-4-7-35-32/h4-17H,1-3H3. The van der Waals surface area contributed by atoms with E-state index in [0.29, 0.717) is 0 Å². The van der Waals surface area contributed by atoms with E-state index in [0.717, 1.165) is 88.3 Å². The van der Waals surface area contributed by atoms with Crippen molar-refractivity contribution >= 4 is 65.8 Å². The molecule has 0 aliphatic heterocycles. The number of hydrogen-bond donors (Lipinski definition) is 0. The molecule has 0 fully saturated rings. The summed E-state index contributed by atoms with van der Waals surface area (Å²) in [6.07, 6.45) is 13.2. The van der Waals surface area contributed by atoms with Crippen molar-refractivity contribution in [3.63, 3.8) is 0 Å². The largest absolute Gasteiger partial charge is 0.343 e. The minimum atomic E-state index is 0.818. The van der Waals surface area contributed by atoms with Crippen molar-refractivity contribution in [1.82, 2.24) is 43.6 Å². The summed E-state index contributed by atoms with van der Waals surface area (Å²) in [5.41, 5.74) is 12.8. The number of aryl methyl sites for hydroxylation is 3. The number of hydrogen-bond acceptors (Lipinski definition) is 6. The minimum absolute atomic E-state index is 0.818. The summed E-state index contributed by atoms with van der Waals surface area (Å²) in [6, 6.07) is 14.6. The quantitative estimate of drug-likeness (QED) is 0.252. The first-order chi connectivity index (χ1) is 20.6. The molecule has 0 N–H and O–H groups in total. The van der Waals surface area contributed by atoms with Crippen LogP contribution in [0.5, 0.6) is 0 Å². The summed E-state index contributed by atoms with van der Waals surface area (Å²) in [6.45, 7) is 0. The van der Waals surface area contributed by atoms with Gasteiger partial charge >= 0.3 is 0 Å². The number of fused-ring (bicyclic) bond motifs is 9. The number of nitrogens with zero attached hydrogens (tertiary/aromatic N) is 9. The molecule has 0 saturated heterocycles. The van der Waals surface area contributed by atoms with Gasteiger partial charge in [-0.25, -0.2) is 0 Å². The summed E-state index contributed by atoms with van der Waals surface area (Å²) in [7, 11) is 6.20. The van der Waals surface area contributed by atoms with Gasteiger partial charge in [0.1, 0.15) is 11.0 Å². The predicted molar refractivity (Wildman–Crippen MR) is 166 cm³/mol. The van der Waals surface area contributed by atoms with Gasteiger partial charge in [-0.3, -0.25) is 29.9 Å². The van der Waals surface area contributed by atoms with Crippen LogP contribution < -0.4 is 0 Å². The predicted octanol–water partition coefficient (Wildman–Crippen LogP) is 6.33. The molecule has 0 aliphatic carbocycles. The van der Waals surface area contributed by atoms with Crippen LogP contribution in [0.2, 0.25) is 0 Å². The molecule has 9 heteroatoms. The highest BCUT2D eigenvalue weighted by molar-refractivity contribution is 6.09. The van der Waals surface area contributed by atoms with Crippen molar-refractivity contribution in [2.75, 3.05) is 0 Å². The van der Waals surface area contributed by atoms with Crippen molar-refractivity contribution < 1.29 is 0 Å². The van der Waals surface area contributed by atoms with Gasteiger partial charge in [0.2, 0.25) is 0 Å². The van der Waals surface area contributed by atoms with Gasteiger partial charge in [0, 0.05) is 91.8 Å². The maximum Gasteiger partial charge on any atom is 0.114 e. The van der Waals surface area contributed by atoms with Crippen LogP contribution in [-0.2, 0) is 21.1 Å². The van der Waals surface area contributed by atoms with E-state index in [2.05, 4.69) is 75.1 Å². The van der Waals surface area contributed by atoms with Crippen LogP contribution in [0, 0.1) is 0 Å². The molecule has 9 aromatic rings. The van der Waals surface area contributed by atoms with Crippen molar-refractivity contribution in [3.05, 3.63) is 85.8 Å². The molecule has 0 aliphatic rings. The highest BCUT2D eigenvalue weighted by atomic mass is 15.0. The van der Waals surface area contributed by atoms with Crippen LogP contribution in [-0.4, -0.2) is 43.6 Å². The Morgan fingerprint density at radius 3 is 1.83 bits per heavy atom. The van der Waals surface area contributed by atoms with Crippen molar-refractivity contribution in [2.45, 2.75) is 0 Å². The maximum absolute atomic E-state index is 4.90. The first-order valence-corrected chi connectivity index (χ1v) is 13.7. The second-order valence-electron chi connectivity index (χ2n) is 10.8. The van der Waals surface area contributed by atoms with Crippen LogP contribution in [0.1, 0.15) is 0 Å². The molecule has 0 saturated carbocycles. The lowest BCUT2D eigenvalue weighted by Crippen LogP contribution is -1.92. The Kier molecular flexibility index (Phi) is 4.48. The lowest BCUT2D eigenvalue weighted by molar-refractivity contribution is 1.01. The van der Waals surface area contributed by atoms with E-state index in [1.807, 2.05) is 55.5 Å². The van der Waals surface area contributed by atoms with Gasteiger partial charge in [0.15, 0.2) is 0 Å². The third-order valence-electron chi connectivity index (χ3n) is 8.62. The normalized spacial score (nSPS) is 12.2. The zero-order valence-corrected chi connectivity index (χ0v) is 23.1. The molecule has 0 atom stereocenters. The second kappa shape index (κ2) is 8.17. The molecule has 42 heavy (non-hydrogen) atoms. The topological polar surface area (TPSA) is 92.1 Å². The molecular weight excluding hydrogens is 522 g/mol. The van der Waals surface area contributed by atoms with Crippen LogP contribution in [0.4, 0.5) is 0 Å². The van der Waals surface area contributed by atoms with Crippen LogP contribution >= 0.6 is 0 Å². The molecule has 0 spiro atoms. The number of aromatic nitrogens is 9. The third kappa shape index (κ3) is 3.02. The monoisotopic (exact) mass is 545 g/mol. The molecule has 0 radical (unpaired) electrons. The van der Waals surface area contributed by atoms with Crippen molar-refractivity contribution in [2.24, 2.45) is 21.1 Å². The first kappa shape index (κ1) is 23.0. The number of pyridine rings is 6. The molecule has 9 heterocycles. The Balaban J connectivity index is 1.17. The van der Waals surface area contributed by atoms with Gasteiger partial charge < -0.3 is 13.7 Å². The zero-order valence-electron chi connectivity index (χ0n) is 23.1. The molecule has 0 unspecified atom stereocenters. The Morgan fingerprint density at radius 1 is 0.452 bits per heavy atom. The van der Waals surface area contributed by atoms with Gasteiger partial charge in [-0.15, -0.1) is 0 Å². The Hall–Kier alpha value is -5.70. The molecular formula is C33H23N9. The van der Waals surface area contributed by atoms with Crippen molar-refractivity contribution in [3.8, 4) is 22.5 Å². The summed E-state index contributed by atoms with van der Waals surface area (Å²) in [4.78, 5) is 28.2. The fourth-order valence-corrected chi connectivity index (χ4v) is 6.36. The van der Waals surface area contributed by atoms with Gasteiger partial charge in [0.05, 0.1) is 50.0 Å². The highest BCUT2D eigenvalue weighted by Gasteiger charge is 2.17. The van der Waals surface area contributed by atoms with E-state index < -0.39 is 0 Å². The van der Waals surface area contributed by atoms with Gasteiger partial charge in [-0.1, -0.05) is 0 Å². The zero-order chi connectivity index (χ0) is 28.1. The Bertz CT molecular complexity index is 2390. The molecule has 9 nitrogen and oxygen atoms in total. The third-order valence-corrected chi connectivity index (χ3v) is 8.62. The summed E-state index contributed by atoms with van der Waals surface area (Å²) in [5, 5.41) is 3.19. The lowest BCUT2D eigenvalue weighted by Gasteiger charge is -2.05. The lowest BCUT2D eigenvalue weighted by atomic mass is 10.1. The summed E-state index contributed by atoms with van der Waals surface area (Å²) in [5.74, 6) is 0. The molecule has 200 valence electrons.